The first-order valence-corrected chi connectivity index (χ1v) is 7.98. The van der Waals surface area contributed by atoms with Crippen molar-refractivity contribution < 1.29 is 9.59 Å². The third-order valence-electron chi connectivity index (χ3n) is 3.80. The Hall–Kier alpha value is -3.94. The van der Waals surface area contributed by atoms with Crippen LogP contribution in [0.1, 0.15) is 17.5 Å². The van der Waals surface area contributed by atoms with E-state index >= 15 is 0 Å². The fourth-order valence-electron chi connectivity index (χ4n) is 2.31. The average molecular weight is 366 g/mol. The molecule has 2 aromatic carbocycles. The molecule has 0 atom stereocenters. The van der Waals surface area contributed by atoms with Crippen molar-refractivity contribution in [3.8, 4) is 0 Å². The maximum absolute atomic E-state index is 11.9. The first-order chi connectivity index (χ1) is 12.7. The highest BCUT2D eigenvalue weighted by Gasteiger charge is 2.06. The van der Waals surface area contributed by atoms with Crippen molar-refractivity contribution in [3.63, 3.8) is 0 Å². The monoisotopic (exact) mass is 366 g/mol. The van der Waals surface area contributed by atoms with Gasteiger partial charge in [-0.3, -0.25) is 9.59 Å². The minimum absolute atomic E-state index is 0.285. The first kappa shape index (κ1) is 19.4. The Morgan fingerprint density at radius 3 is 1.22 bits per heavy atom. The zero-order valence-corrected chi connectivity index (χ0v) is 14.6. The van der Waals surface area contributed by atoms with Gasteiger partial charge in [0.05, 0.1) is 40.5 Å². The van der Waals surface area contributed by atoms with Crippen LogP contribution in [0.15, 0.2) is 36.4 Å². The number of benzene rings is 2. The van der Waals surface area contributed by atoms with E-state index in [-0.39, 0.29) is 18.0 Å². The van der Waals surface area contributed by atoms with Crippen molar-refractivity contribution >= 4 is 57.8 Å². The standard InChI is InChI=1S/C19H22N6O2/c20-14-5-10(6-15(21)18(14)24)1-3-12(26)9-13(27)4-2-11-7-16(22)19(25)17(23)8-11/h1-8H,9,20-25H2/b3-1+,4-2+. The first-order valence-electron chi connectivity index (χ1n) is 7.98. The fraction of sp³-hybridized carbons (Fsp3) is 0.0526. The number of hydrogen-bond acceptors (Lipinski definition) is 8. The van der Waals surface area contributed by atoms with E-state index in [4.69, 9.17) is 34.4 Å². The molecule has 2 aromatic rings. The highest BCUT2D eigenvalue weighted by molar-refractivity contribution is 6.11. The summed E-state index contributed by atoms with van der Waals surface area (Å²) in [7, 11) is 0. The number of carbonyl (C=O) groups excluding carboxylic acids is 2. The molecule has 0 bridgehead atoms. The van der Waals surface area contributed by atoms with Gasteiger partial charge >= 0.3 is 0 Å². The lowest BCUT2D eigenvalue weighted by Crippen LogP contribution is -2.03. The minimum Gasteiger partial charge on any atom is -0.397 e. The highest BCUT2D eigenvalue weighted by atomic mass is 16.1. The van der Waals surface area contributed by atoms with E-state index in [1.54, 1.807) is 24.3 Å². The maximum Gasteiger partial charge on any atom is 0.163 e. The Balaban J connectivity index is 2.00. The van der Waals surface area contributed by atoms with Crippen molar-refractivity contribution in [1.29, 1.82) is 0 Å². The predicted octanol–water partition coefficient (Wildman–Crippen LogP) is 1.43. The molecule has 0 radical (unpaired) electrons. The van der Waals surface area contributed by atoms with Crippen LogP contribution in [0.4, 0.5) is 34.1 Å². The molecule has 0 fully saturated rings. The van der Waals surface area contributed by atoms with E-state index in [0.29, 0.717) is 45.3 Å². The Morgan fingerprint density at radius 2 is 0.926 bits per heavy atom. The van der Waals surface area contributed by atoms with Gasteiger partial charge in [0.15, 0.2) is 11.6 Å². The van der Waals surface area contributed by atoms with E-state index in [0.717, 1.165) is 0 Å². The van der Waals surface area contributed by atoms with Crippen LogP contribution in [0, 0.1) is 0 Å². The Morgan fingerprint density at radius 1 is 0.630 bits per heavy atom. The molecule has 0 heterocycles. The van der Waals surface area contributed by atoms with Crippen molar-refractivity contribution in [2.24, 2.45) is 0 Å². The molecule has 8 nitrogen and oxygen atoms in total. The molecule has 0 aliphatic carbocycles. The molecule has 27 heavy (non-hydrogen) atoms. The number of hydrogen-bond donors (Lipinski definition) is 6. The predicted molar refractivity (Wildman–Crippen MR) is 112 cm³/mol. The maximum atomic E-state index is 11.9. The zero-order valence-electron chi connectivity index (χ0n) is 14.6. The molecule has 2 rings (SSSR count). The summed E-state index contributed by atoms with van der Waals surface area (Å²) in [5, 5.41) is 0. The average Bonchev–Trinajstić information content (AvgIpc) is 2.60. The van der Waals surface area contributed by atoms with Gasteiger partial charge in [0, 0.05) is 0 Å². The third-order valence-corrected chi connectivity index (χ3v) is 3.80. The second kappa shape index (κ2) is 7.96. The number of rotatable bonds is 6. The van der Waals surface area contributed by atoms with Crippen LogP contribution >= 0.6 is 0 Å². The molecule has 0 spiro atoms. The van der Waals surface area contributed by atoms with E-state index in [2.05, 4.69) is 0 Å². The second-order valence-electron chi connectivity index (χ2n) is 6.00. The Bertz CT molecular complexity index is 839. The van der Waals surface area contributed by atoms with Crippen LogP contribution in [0.5, 0.6) is 0 Å². The number of nitrogen functional groups attached to an aromatic ring is 6. The molecule has 140 valence electrons. The van der Waals surface area contributed by atoms with Gasteiger partial charge in [-0.2, -0.15) is 0 Å². The molecule has 0 aromatic heterocycles. The fourth-order valence-corrected chi connectivity index (χ4v) is 2.31. The third kappa shape index (κ3) is 5.02. The second-order valence-corrected chi connectivity index (χ2v) is 6.00. The molecule has 0 aliphatic rings. The molecular weight excluding hydrogens is 344 g/mol. The molecule has 0 saturated carbocycles. The lowest BCUT2D eigenvalue weighted by atomic mass is 10.1. The largest absolute Gasteiger partial charge is 0.397 e. The zero-order chi connectivity index (χ0) is 20.1. The van der Waals surface area contributed by atoms with Gasteiger partial charge in [0.1, 0.15) is 0 Å². The summed E-state index contributed by atoms with van der Waals surface area (Å²) < 4.78 is 0. The van der Waals surface area contributed by atoms with Crippen LogP contribution in [-0.2, 0) is 9.59 Å². The minimum atomic E-state index is -0.366. The van der Waals surface area contributed by atoms with Crippen molar-refractivity contribution in [1.82, 2.24) is 0 Å². The molecule has 12 N–H and O–H groups in total. The van der Waals surface area contributed by atoms with Crippen molar-refractivity contribution in [3.05, 3.63) is 47.5 Å². The molecule has 8 heteroatoms. The molecule has 0 amide bonds. The number of nitrogens with two attached hydrogens (primary N) is 6. The number of carbonyl (C=O) groups is 2. The Kier molecular flexibility index (Phi) is 5.71. The summed E-state index contributed by atoms with van der Waals surface area (Å²) in [6.45, 7) is 0. The van der Waals surface area contributed by atoms with Gasteiger partial charge in [-0.25, -0.2) is 0 Å². The van der Waals surface area contributed by atoms with Crippen molar-refractivity contribution in [2.45, 2.75) is 6.42 Å². The summed E-state index contributed by atoms with van der Waals surface area (Å²) in [5.74, 6) is -0.732. The summed E-state index contributed by atoms with van der Waals surface area (Å²) in [6.07, 6.45) is 5.33. The van der Waals surface area contributed by atoms with Crippen molar-refractivity contribution in [2.75, 3.05) is 34.4 Å². The van der Waals surface area contributed by atoms with E-state index in [9.17, 15) is 9.59 Å². The van der Waals surface area contributed by atoms with Gasteiger partial charge < -0.3 is 34.4 Å². The molecule has 0 saturated heterocycles. The summed E-state index contributed by atoms with van der Waals surface area (Å²) in [6, 6.07) is 6.36. The van der Waals surface area contributed by atoms with Crippen LogP contribution in [0.2, 0.25) is 0 Å². The molecule has 0 unspecified atom stereocenters. The lowest BCUT2D eigenvalue weighted by Gasteiger charge is -2.05. The molecular formula is C19H22N6O2. The summed E-state index contributed by atoms with van der Waals surface area (Å²) >= 11 is 0. The summed E-state index contributed by atoms with van der Waals surface area (Å²) in [4.78, 5) is 23.9. The van der Waals surface area contributed by atoms with Gasteiger partial charge in [0.2, 0.25) is 0 Å². The lowest BCUT2D eigenvalue weighted by molar-refractivity contribution is -0.121. The number of ketones is 2. The van der Waals surface area contributed by atoms with E-state index in [1.807, 2.05) is 0 Å². The van der Waals surface area contributed by atoms with Gasteiger partial charge in [-0.05, 0) is 47.5 Å². The molecule has 0 aliphatic heterocycles. The smallest absolute Gasteiger partial charge is 0.163 e. The van der Waals surface area contributed by atoms with Gasteiger partial charge in [0.25, 0.3) is 0 Å². The van der Waals surface area contributed by atoms with E-state index in [1.165, 1.54) is 24.3 Å². The van der Waals surface area contributed by atoms with Crippen LogP contribution < -0.4 is 34.4 Å². The van der Waals surface area contributed by atoms with E-state index < -0.39 is 0 Å². The van der Waals surface area contributed by atoms with Gasteiger partial charge in [-0.1, -0.05) is 12.2 Å². The van der Waals surface area contributed by atoms with Crippen LogP contribution in [-0.4, -0.2) is 11.6 Å². The summed E-state index contributed by atoms with van der Waals surface area (Å²) in [5.41, 5.74) is 37.3. The quantitative estimate of drug-likeness (QED) is 0.251. The van der Waals surface area contributed by atoms with Crippen LogP contribution in [0.3, 0.4) is 0 Å². The highest BCUT2D eigenvalue weighted by Crippen LogP contribution is 2.26. The van der Waals surface area contributed by atoms with Gasteiger partial charge in [-0.15, -0.1) is 0 Å². The SMILES string of the molecule is Nc1cc(/C=C/C(=O)CC(=O)/C=C/c2cc(N)c(N)c(N)c2)cc(N)c1N. The Labute approximate surface area is 156 Å². The number of anilines is 6. The van der Waals surface area contributed by atoms with Crippen LogP contribution in [0.25, 0.3) is 12.2 Å². The topological polar surface area (TPSA) is 190 Å². The normalized spacial score (nSPS) is 11.3. The number of allylic oxidation sites excluding steroid dienone is 2.